The molecule has 144 valence electrons. The van der Waals surface area contributed by atoms with Gasteiger partial charge in [0.2, 0.25) is 0 Å². The van der Waals surface area contributed by atoms with Crippen molar-refractivity contribution in [2.75, 3.05) is 23.8 Å². The van der Waals surface area contributed by atoms with E-state index in [0.717, 1.165) is 30.0 Å². The van der Waals surface area contributed by atoms with E-state index in [2.05, 4.69) is 20.3 Å². The summed E-state index contributed by atoms with van der Waals surface area (Å²) in [6.07, 6.45) is 4.45. The largest absolute Gasteiger partial charge is 0.359 e. The smallest absolute Gasteiger partial charge is 0.274 e. The van der Waals surface area contributed by atoms with Crippen LogP contribution in [0.15, 0.2) is 48.8 Å². The molecule has 28 heavy (non-hydrogen) atoms. The molecule has 0 atom stereocenters. The summed E-state index contributed by atoms with van der Waals surface area (Å²) in [5.41, 5.74) is 4.65. The maximum atomic E-state index is 12.7. The Bertz CT molecular complexity index is 972. The average Bonchev–Trinajstić information content (AvgIpc) is 2.69. The molecule has 3 rings (SSSR count). The first-order valence-corrected chi connectivity index (χ1v) is 9.26. The van der Waals surface area contributed by atoms with E-state index in [-0.39, 0.29) is 5.91 Å². The van der Waals surface area contributed by atoms with Crippen molar-refractivity contribution in [3.63, 3.8) is 0 Å². The number of nitrogens with one attached hydrogen (secondary N) is 1. The van der Waals surface area contributed by atoms with E-state index in [0.29, 0.717) is 11.5 Å². The zero-order valence-corrected chi connectivity index (χ0v) is 16.7. The van der Waals surface area contributed by atoms with E-state index in [4.69, 9.17) is 0 Å². The minimum atomic E-state index is -0.238. The van der Waals surface area contributed by atoms with Crippen LogP contribution >= 0.6 is 0 Å². The molecule has 0 aliphatic carbocycles. The molecule has 0 fully saturated rings. The second-order valence-electron chi connectivity index (χ2n) is 6.94. The molecule has 1 amide bonds. The molecule has 0 aliphatic rings. The molecule has 6 nitrogen and oxygen atoms in total. The molecule has 0 unspecified atom stereocenters. The Labute approximate surface area is 165 Å². The lowest BCUT2D eigenvalue weighted by molar-refractivity contribution is 0.102. The molecule has 3 aromatic rings. The van der Waals surface area contributed by atoms with Gasteiger partial charge < -0.3 is 10.2 Å². The standard InChI is InChI=1S/C22H25N5O/c1-15-5-6-19(13-16(15)2)26-22(28)20-14-21(25-17(3)24-20)27(4)12-9-18-7-10-23-11-8-18/h5-8,10-11,13-14H,9,12H2,1-4H3,(H,26,28). The number of hydrogen-bond acceptors (Lipinski definition) is 5. The molecule has 6 heteroatoms. The van der Waals surface area contributed by atoms with Gasteiger partial charge in [-0.2, -0.15) is 0 Å². The fourth-order valence-electron chi connectivity index (χ4n) is 2.84. The Morgan fingerprint density at radius 3 is 2.46 bits per heavy atom. The van der Waals surface area contributed by atoms with Gasteiger partial charge in [-0.25, -0.2) is 9.97 Å². The number of benzene rings is 1. The van der Waals surface area contributed by atoms with Crippen LogP contribution in [0.2, 0.25) is 0 Å². The maximum absolute atomic E-state index is 12.7. The third-order valence-corrected chi connectivity index (χ3v) is 4.70. The highest BCUT2D eigenvalue weighted by Crippen LogP contribution is 2.17. The molecule has 2 heterocycles. The lowest BCUT2D eigenvalue weighted by Gasteiger charge is -2.19. The van der Waals surface area contributed by atoms with Gasteiger partial charge in [0.25, 0.3) is 5.91 Å². The van der Waals surface area contributed by atoms with Crippen molar-refractivity contribution in [1.29, 1.82) is 0 Å². The van der Waals surface area contributed by atoms with Gasteiger partial charge in [0.05, 0.1) is 0 Å². The summed E-state index contributed by atoms with van der Waals surface area (Å²) in [5.74, 6) is 1.06. The van der Waals surface area contributed by atoms with Crippen LogP contribution in [0, 0.1) is 20.8 Å². The van der Waals surface area contributed by atoms with Gasteiger partial charge in [-0.1, -0.05) is 6.07 Å². The van der Waals surface area contributed by atoms with Crippen molar-refractivity contribution in [3.8, 4) is 0 Å². The SMILES string of the molecule is Cc1nc(C(=O)Nc2ccc(C)c(C)c2)cc(N(C)CCc2ccncc2)n1. The fourth-order valence-corrected chi connectivity index (χ4v) is 2.84. The highest BCUT2D eigenvalue weighted by Gasteiger charge is 2.13. The summed E-state index contributed by atoms with van der Waals surface area (Å²) in [6, 6.07) is 11.6. The average molecular weight is 375 g/mol. The summed E-state index contributed by atoms with van der Waals surface area (Å²) in [7, 11) is 1.97. The van der Waals surface area contributed by atoms with Crippen LogP contribution in [0.25, 0.3) is 0 Å². The van der Waals surface area contributed by atoms with Crippen molar-refractivity contribution >= 4 is 17.4 Å². The minimum absolute atomic E-state index is 0.238. The van der Waals surface area contributed by atoms with Crippen LogP contribution in [-0.4, -0.2) is 34.5 Å². The molecule has 1 aromatic carbocycles. The van der Waals surface area contributed by atoms with Gasteiger partial charge in [0.15, 0.2) is 0 Å². The van der Waals surface area contributed by atoms with Crippen LogP contribution < -0.4 is 10.2 Å². The van der Waals surface area contributed by atoms with Crippen LogP contribution in [0.5, 0.6) is 0 Å². The molecular formula is C22H25N5O. The van der Waals surface area contributed by atoms with Gasteiger partial charge in [0.1, 0.15) is 17.3 Å². The van der Waals surface area contributed by atoms with Crippen LogP contribution in [-0.2, 0) is 6.42 Å². The highest BCUT2D eigenvalue weighted by atomic mass is 16.1. The summed E-state index contributed by atoms with van der Waals surface area (Å²) in [4.78, 5) is 27.6. The fraction of sp³-hybridized carbons (Fsp3) is 0.273. The van der Waals surface area contributed by atoms with Gasteiger partial charge in [-0.3, -0.25) is 9.78 Å². The Morgan fingerprint density at radius 2 is 1.75 bits per heavy atom. The van der Waals surface area contributed by atoms with Crippen molar-refractivity contribution in [2.45, 2.75) is 27.2 Å². The molecule has 2 aromatic heterocycles. The number of nitrogens with zero attached hydrogens (tertiary/aromatic N) is 4. The first-order chi connectivity index (χ1) is 13.4. The van der Waals surface area contributed by atoms with E-state index in [1.165, 1.54) is 11.1 Å². The summed E-state index contributed by atoms with van der Waals surface area (Å²) in [6.45, 7) is 6.64. The predicted octanol–water partition coefficient (Wildman–Crippen LogP) is 3.73. The number of carbonyl (C=O) groups excluding carboxylic acids is 1. The predicted molar refractivity (Wildman–Crippen MR) is 112 cm³/mol. The normalized spacial score (nSPS) is 10.6. The van der Waals surface area contributed by atoms with Gasteiger partial charge in [-0.05, 0) is 68.1 Å². The zero-order chi connectivity index (χ0) is 20.1. The van der Waals surface area contributed by atoms with Gasteiger partial charge in [-0.15, -0.1) is 0 Å². The summed E-state index contributed by atoms with van der Waals surface area (Å²) in [5, 5.41) is 2.92. The number of aromatic nitrogens is 3. The zero-order valence-electron chi connectivity index (χ0n) is 16.7. The minimum Gasteiger partial charge on any atom is -0.359 e. The molecular weight excluding hydrogens is 350 g/mol. The second-order valence-corrected chi connectivity index (χ2v) is 6.94. The Morgan fingerprint density at radius 1 is 1.00 bits per heavy atom. The van der Waals surface area contributed by atoms with Crippen LogP contribution in [0.3, 0.4) is 0 Å². The number of likely N-dealkylation sites (N-methyl/N-ethyl adjacent to an activating group) is 1. The molecule has 0 aliphatic heterocycles. The van der Waals surface area contributed by atoms with E-state index in [9.17, 15) is 4.79 Å². The number of rotatable bonds is 6. The molecule has 0 radical (unpaired) electrons. The summed E-state index contributed by atoms with van der Waals surface area (Å²) < 4.78 is 0. The van der Waals surface area contributed by atoms with Gasteiger partial charge >= 0.3 is 0 Å². The number of anilines is 2. The number of carbonyl (C=O) groups is 1. The quantitative estimate of drug-likeness (QED) is 0.711. The van der Waals surface area contributed by atoms with Crippen molar-refractivity contribution < 1.29 is 4.79 Å². The molecule has 0 spiro atoms. The number of amides is 1. The molecule has 0 saturated carbocycles. The Kier molecular flexibility index (Phi) is 5.99. The Balaban J connectivity index is 1.72. The highest BCUT2D eigenvalue weighted by molar-refractivity contribution is 6.03. The maximum Gasteiger partial charge on any atom is 0.274 e. The first kappa shape index (κ1) is 19.5. The lowest BCUT2D eigenvalue weighted by atomic mass is 10.1. The van der Waals surface area contributed by atoms with Crippen molar-refractivity contribution in [1.82, 2.24) is 15.0 Å². The molecule has 0 bridgehead atoms. The van der Waals surface area contributed by atoms with E-state index < -0.39 is 0 Å². The second kappa shape index (κ2) is 8.61. The number of pyridine rings is 1. The third-order valence-electron chi connectivity index (χ3n) is 4.70. The topological polar surface area (TPSA) is 71.0 Å². The Hall–Kier alpha value is -3.28. The van der Waals surface area contributed by atoms with E-state index in [1.807, 2.05) is 56.1 Å². The van der Waals surface area contributed by atoms with Crippen molar-refractivity contribution in [3.05, 3.63) is 77.0 Å². The van der Waals surface area contributed by atoms with Crippen molar-refractivity contribution in [2.24, 2.45) is 0 Å². The monoisotopic (exact) mass is 375 g/mol. The number of aryl methyl sites for hydroxylation is 3. The third kappa shape index (κ3) is 4.91. The van der Waals surface area contributed by atoms with Gasteiger partial charge in [0, 0.05) is 37.7 Å². The lowest BCUT2D eigenvalue weighted by Crippen LogP contribution is -2.23. The molecule has 1 N–H and O–H groups in total. The van der Waals surface area contributed by atoms with Crippen LogP contribution in [0.4, 0.5) is 11.5 Å². The first-order valence-electron chi connectivity index (χ1n) is 9.26. The number of hydrogen-bond donors (Lipinski definition) is 1. The van der Waals surface area contributed by atoms with Crippen LogP contribution in [0.1, 0.15) is 33.0 Å². The van der Waals surface area contributed by atoms with E-state index in [1.54, 1.807) is 25.4 Å². The van der Waals surface area contributed by atoms with E-state index >= 15 is 0 Å². The summed E-state index contributed by atoms with van der Waals surface area (Å²) >= 11 is 0. The molecule has 0 saturated heterocycles.